The summed E-state index contributed by atoms with van der Waals surface area (Å²) < 4.78 is 5.88. The van der Waals surface area contributed by atoms with Gasteiger partial charge in [0.1, 0.15) is 0 Å². The first kappa shape index (κ1) is 27.3. The molecule has 35 heavy (non-hydrogen) atoms. The Balaban J connectivity index is 1.56. The standard InChI is InChI=1S/C29H50O6/c1-6-8-17(7-2)26(33)25(32)16(3)19-9-10-20-18-15-35-27(34)22-13-23(30)24(31)14-29(22,5)21(18)11-12-28(19,20)4/h16-26,30-33H,6-15H2,1-5H3/t16?,17-,18-,19?,20?,21?,22?,23?,24?,25?,26?,28+,29+/m0/s1. The number of aliphatic hydroxyl groups excluding tert-OH is 4. The summed E-state index contributed by atoms with van der Waals surface area (Å²) >= 11 is 0. The molecule has 1 aliphatic heterocycles. The Labute approximate surface area is 211 Å². The predicted molar refractivity (Wildman–Crippen MR) is 134 cm³/mol. The van der Waals surface area contributed by atoms with E-state index in [1.54, 1.807) is 0 Å². The van der Waals surface area contributed by atoms with Crippen molar-refractivity contribution in [2.75, 3.05) is 6.61 Å². The van der Waals surface area contributed by atoms with Gasteiger partial charge in [0.25, 0.3) is 0 Å². The number of rotatable bonds is 7. The van der Waals surface area contributed by atoms with Gasteiger partial charge in [0.2, 0.25) is 0 Å². The van der Waals surface area contributed by atoms with E-state index in [-0.39, 0.29) is 52.8 Å². The van der Waals surface area contributed by atoms with E-state index in [1.807, 2.05) is 0 Å². The van der Waals surface area contributed by atoms with Crippen LogP contribution in [-0.2, 0) is 9.53 Å². The smallest absolute Gasteiger partial charge is 0.309 e. The summed E-state index contributed by atoms with van der Waals surface area (Å²) in [4.78, 5) is 13.0. The maximum atomic E-state index is 13.0. The maximum absolute atomic E-state index is 13.0. The van der Waals surface area contributed by atoms with E-state index in [2.05, 4.69) is 34.6 Å². The Morgan fingerprint density at radius 3 is 2.34 bits per heavy atom. The molecule has 6 heteroatoms. The van der Waals surface area contributed by atoms with E-state index >= 15 is 0 Å². The quantitative estimate of drug-likeness (QED) is 0.400. The Kier molecular flexibility index (Phi) is 7.99. The second-order valence-electron chi connectivity index (χ2n) is 13.2. The van der Waals surface area contributed by atoms with Gasteiger partial charge in [-0.05, 0) is 91.3 Å². The Bertz CT molecular complexity index is 757. The zero-order valence-electron chi connectivity index (χ0n) is 22.5. The highest BCUT2D eigenvalue weighted by Gasteiger charge is 2.63. The lowest BCUT2D eigenvalue weighted by atomic mass is 9.48. The molecule has 0 aromatic heterocycles. The minimum atomic E-state index is -0.865. The molecule has 202 valence electrons. The van der Waals surface area contributed by atoms with Gasteiger partial charge in [-0.2, -0.15) is 0 Å². The second-order valence-corrected chi connectivity index (χ2v) is 13.2. The first-order chi connectivity index (χ1) is 16.5. The van der Waals surface area contributed by atoms with E-state index in [4.69, 9.17) is 4.74 Å². The van der Waals surface area contributed by atoms with Gasteiger partial charge in [0.15, 0.2) is 0 Å². The predicted octanol–water partition coefficient (Wildman–Crippen LogP) is 3.92. The van der Waals surface area contributed by atoms with Crippen LogP contribution in [0.4, 0.5) is 0 Å². The van der Waals surface area contributed by atoms with Gasteiger partial charge in [0, 0.05) is 0 Å². The fourth-order valence-electron chi connectivity index (χ4n) is 9.51. The van der Waals surface area contributed by atoms with Gasteiger partial charge in [-0.25, -0.2) is 0 Å². The Hall–Kier alpha value is -0.690. The van der Waals surface area contributed by atoms with Crippen LogP contribution < -0.4 is 0 Å². The molecule has 0 amide bonds. The van der Waals surface area contributed by atoms with E-state index in [0.29, 0.717) is 24.9 Å². The maximum Gasteiger partial charge on any atom is 0.309 e. The van der Waals surface area contributed by atoms with Crippen molar-refractivity contribution in [2.24, 2.45) is 52.3 Å². The van der Waals surface area contributed by atoms with Gasteiger partial charge >= 0.3 is 5.97 Å². The van der Waals surface area contributed by atoms with Crippen molar-refractivity contribution >= 4 is 5.97 Å². The van der Waals surface area contributed by atoms with Gasteiger partial charge in [0.05, 0.1) is 36.9 Å². The molecule has 4 N–H and O–H groups in total. The molecule has 3 saturated carbocycles. The number of ether oxygens (including phenoxy) is 1. The van der Waals surface area contributed by atoms with Gasteiger partial charge < -0.3 is 25.2 Å². The summed E-state index contributed by atoms with van der Waals surface area (Å²) in [6, 6.07) is 0. The van der Waals surface area contributed by atoms with Crippen LogP contribution in [0.5, 0.6) is 0 Å². The number of esters is 1. The van der Waals surface area contributed by atoms with Crippen molar-refractivity contribution in [1.29, 1.82) is 0 Å². The lowest BCUT2D eigenvalue weighted by Gasteiger charge is -2.56. The van der Waals surface area contributed by atoms with Crippen LogP contribution in [0.1, 0.15) is 92.4 Å². The molecular weight excluding hydrogens is 444 g/mol. The lowest BCUT2D eigenvalue weighted by molar-refractivity contribution is -0.162. The molecule has 9 unspecified atom stereocenters. The largest absolute Gasteiger partial charge is 0.465 e. The molecule has 0 spiro atoms. The number of carbonyl (C=O) groups is 1. The van der Waals surface area contributed by atoms with Crippen LogP contribution in [-0.4, -0.2) is 57.4 Å². The molecule has 1 heterocycles. The summed E-state index contributed by atoms with van der Waals surface area (Å²) in [5.74, 6) is 0.780. The van der Waals surface area contributed by atoms with E-state index in [0.717, 1.165) is 44.9 Å². The number of hydrogen-bond donors (Lipinski definition) is 4. The van der Waals surface area contributed by atoms with Crippen molar-refractivity contribution in [2.45, 2.75) is 117 Å². The molecule has 1 saturated heterocycles. The third-order valence-corrected chi connectivity index (χ3v) is 11.6. The molecule has 4 aliphatic rings. The van der Waals surface area contributed by atoms with Crippen molar-refractivity contribution in [1.82, 2.24) is 0 Å². The Morgan fingerprint density at radius 2 is 1.69 bits per heavy atom. The van der Waals surface area contributed by atoms with Crippen molar-refractivity contribution in [3.63, 3.8) is 0 Å². The average Bonchev–Trinajstić information content (AvgIpc) is 3.13. The van der Waals surface area contributed by atoms with Gasteiger partial charge in [-0.15, -0.1) is 0 Å². The second kappa shape index (κ2) is 10.2. The van der Waals surface area contributed by atoms with Crippen molar-refractivity contribution in [3.05, 3.63) is 0 Å². The summed E-state index contributed by atoms with van der Waals surface area (Å²) in [6.07, 6.45) is 4.52. The molecule has 3 aliphatic carbocycles. The molecular formula is C29H50O6. The number of hydrogen-bond acceptors (Lipinski definition) is 6. The molecule has 0 bridgehead atoms. The van der Waals surface area contributed by atoms with Crippen LogP contribution in [0.15, 0.2) is 0 Å². The fraction of sp³-hybridized carbons (Fsp3) is 0.966. The summed E-state index contributed by atoms with van der Waals surface area (Å²) in [7, 11) is 0. The van der Waals surface area contributed by atoms with Crippen LogP contribution in [0.2, 0.25) is 0 Å². The average molecular weight is 495 g/mol. The highest BCUT2D eigenvalue weighted by Crippen LogP contribution is 2.66. The SMILES string of the molecule is CCC[C@H](CC)C(O)C(O)C(C)C1CCC2[C@@H]3COC(=O)C4CC(O)C(O)C[C@]4(C)C3CC[C@]12C. The van der Waals surface area contributed by atoms with Crippen molar-refractivity contribution < 1.29 is 30.0 Å². The van der Waals surface area contributed by atoms with Crippen LogP contribution in [0.25, 0.3) is 0 Å². The lowest BCUT2D eigenvalue weighted by Crippen LogP contribution is -2.55. The molecule has 13 atom stereocenters. The third kappa shape index (κ3) is 4.49. The summed E-state index contributed by atoms with van der Waals surface area (Å²) in [6.45, 7) is 11.3. The molecule has 0 radical (unpaired) electrons. The fourth-order valence-corrected chi connectivity index (χ4v) is 9.51. The van der Waals surface area contributed by atoms with Gasteiger partial charge in [-0.3, -0.25) is 4.79 Å². The highest BCUT2D eigenvalue weighted by molar-refractivity contribution is 5.74. The summed E-state index contributed by atoms with van der Waals surface area (Å²) in [5, 5.41) is 43.2. The van der Waals surface area contributed by atoms with E-state index in [9.17, 15) is 25.2 Å². The molecule has 4 rings (SSSR count). The normalized spacial score (nSPS) is 46.9. The first-order valence-corrected chi connectivity index (χ1v) is 14.4. The summed E-state index contributed by atoms with van der Waals surface area (Å²) in [5.41, 5.74) is -0.338. The van der Waals surface area contributed by atoms with E-state index in [1.165, 1.54) is 0 Å². The van der Waals surface area contributed by atoms with Crippen LogP contribution >= 0.6 is 0 Å². The molecule has 0 aromatic rings. The van der Waals surface area contributed by atoms with Crippen molar-refractivity contribution in [3.8, 4) is 0 Å². The molecule has 0 aromatic carbocycles. The minimum absolute atomic E-state index is 0.00534. The highest BCUT2D eigenvalue weighted by atomic mass is 16.5. The zero-order valence-corrected chi connectivity index (χ0v) is 22.5. The minimum Gasteiger partial charge on any atom is -0.465 e. The molecule has 6 nitrogen and oxygen atoms in total. The third-order valence-electron chi connectivity index (χ3n) is 11.6. The topological polar surface area (TPSA) is 107 Å². The number of carbonyl (C=O) groups excluding carboxylic acids is 1. The zero-order chi connectivity index (χ0) is 25.7. The number of aliphatic hydroxyl groups is 4. The Morgan fingerprint density at radius 1 is 1.00 bits per heavy atom. The van der Waals surface area contributed by atoms with Gasteiger partial charge in [-0.1, -0.05) is 47.5 Å². The number of fused-ring (bicyclic) bond motifs is 5. The molecule has 4 fully saturated rings. The van der Waals surface area contributed by atoms with Crippen LogP contribution in [0, 0.1) is 52.3 Å². The van der Waals surface area contributed by atoms with Crippen LogP contribution in [0.3, 0.4) is 0 Å². The first-order valence-electron chi connectivity index (χ1n) is 14.4. The van der Waals surface area contributed by atoms with E-state index < -0.39 is 24.4 Å². The monoisotopic (exact) mass is 494 g/mol. The number of cyclic esters (lactones) is 1.